The smallest absolute Gasteiger partial charge is 0.387 e. The van der Waals surface area contributed by atoms with E-state index in [0.717, 1.165) is 26.2 Å². The van der Waals surface area contributed by atoms with Gasteiger partial charge in [0.25, 0.3) is 0 Å². The van der Waals surface area contributed by atoms with Crippen LogP contribution >= 0.6 is 0 Å². The molecule has 0 spiro atoms. The molecule has 2 aromatic rings. The Labute approximate surface area is 167 Å². The van der Waals surface area contributed by atoms with Gasteiger partial charge in [-0.3, -0.25) is 14.6 Å². The number of piperazine rings is 1. The Bertz CT molecular complexity index is 789. The van der Waals surface area contributed by atoms with E-state index in [9.17, 15) is 13.6 Å². The molecule has 1 aliphatic heterocycles. The van der Waals surface area contributed by atoms with Gasteiger partial charge in [-0.05, 0) is 24.3 Å². The summed E-state index contributed by atoms with van der Waals surface area (Å²) in [5, 5.41) is 6.74. The second-order valence-corrected chi connectivity index (χ2v) is 7.20. The van der Waals surface area contributed by atoms with E-state index in [-0.39, 0.29) is 24.1 Å². The number of carbonyl (C=O) groups is 1. The molecule has 0 bridgehead atoms. The molecule has 1 amide bonds. The fraction of sp³-hybridized carbons (Fsp3) is 0.526. The van der Waals surface area contributed by atoms with E-state index in [1.807, 2.05) is 13.8 Å². The van der Waals surface area contributed by atoms with Gasteiger partial charge in [-0.2, -0.15) is 13.8 Å². The van der Waals surface area contributed by atoms with Crippen molar-refractivity contribution in [2.45, 2.75) is 32.9 Å². The fourth-order valence-corrected chi connectivity index (χ4v) is 2.99. The van der Waals surface area contributed by atoms with E-state index in [2.05, 4.69) is 30.0 Å². The molecule has 0 aliphatic carbocycles. The van der Waals surface area contributed by atoms with E-state index in [0.29, 0.717) is 23.9 Å². The number of ether oxygens (including phenoxy) is 1. The summed E-state index contributed by atoms with van der Waals surface area (Å²) in [5.41, 5.74) is 0.535. The molecule has 3 rings (SSSR count). The van der Waals surface area contributed by atoms with Crippen LogP contribution in [-0.4, -0.2) is 65.2 Å². The number of halogens is 2. The van der Waals surface area contributed by atoms with E-state index in [1.54, 1.807) is 0 Å². The lowest BCUT2D eigenvalue weighted by molar-refractivity contribution is -0.117. The van der Waals surface area contributed by atoms with E-state index in [4.69, 9.17) is 4.52 Å². The summed E-state index contributed by atoms with van der Waals surface area (Å²) in [7, 11) is 0. The largest absolute Gasteiger partial charge is 0.435 e. The molecule has 1 aliphatic rings. The predicted molar refractivity (Wildman–Crippen MR) is 102 cm³/mol. The predicted octanol–water partition coefficient (Wildman–Crippen LogP) is 2.55. The summed E-state index contributed by atoms with van der Waals surface area (Å²) in [6.07, 6.45) is 0. The zero-order valence-electron chi connectivity index (χ0n) is 16.5. The van der Waals surface area contributed by atoms with Gasteiger partial charge in [0.05, 0.1) is 13.1 Å². The minimum absolute atomic E-state index is 0.0517. The lowest BCUT2D eigenvalue weighted by Crippen LogP contribution is -2.48. The highest BCUT2D eigenvalue weighted by Gasteiger charge is 2.21. The lowest BCUT2D eigenvalue weighted by Gasteiger charge is -2.33. The van der Waals surface area contributed by atoms with Crippen LogP contribution in [0.25, 0.3) is 0 Å². The van der Waals surface area contributed by atoms with Gasteiger partial charge in [-0.1, -0.05) is 19.0 Å². The van der Waals surface area contributed by atoms with Crippen molar-refractivity contribution in [1.29, 1.82) is 0 Å². The average molecular weight is 409 g/mol. The van der Waals surface area contributed by atoms with Gasteiger partial charge in [-0.25, -0.2) is 0 Å². The van der Waals surface area contributed by atoms with Gasteiger partial charge in [0, 0.05) is 37.8 Å². The van der Waals surface area contributed by atoms with Crippen LogP contribution in [0.5, 0.6) is 5.75 Å². The molecular formula is C19H25F2N5O3. The summed E-state index contributed by atoms with van der Waals surface area (Å²) in [6.45, 7) is 5.13. The maximum Gasteiger partial charge on any atom is 0.387 e. The quantitative estimate of drug-likeness (QED) is 0.717. The van der Waals surface area contributed by atoms with Gasteiger partial charge in [0.15, 0.2) is 5.82 Å². The Hall–Kier alpha value is -2.59. The molecule has 1 saturated heterocycles. The Balaban J connectivity index is 1.40. The minimum Gasteiger partial charge on any atom is -0.435 e. The number of anilines is 1. The summed E-state index contributed by atoms with van der Waals surface area (Å²) in [5.74, 6) is 1.45. The maximum absolute atomic E-state index is 12.2. The van der Waals surface area contributed by atoms with Crippen LogP contribution in [0.2, 0.25) is 0 Å². The third kappa shape index (κ3) is 6.47. The molecule has 1 fully saturated rings. The minimum atomic E-state index is -2.87. The van der Waals surface area contributed by atoms with Crippen LogP contribution in [0.4, 0.5) is 14.5 Å². The average Bonchev–Trinajstić information content (AvgIpc) is 3.13. The molecule has 0 atom stereocenters. The Morgan fingerprint density at radius 3 is 2.41 bits per heavy atom. The van der Waals surface area contributed by atoms with Crippen molar-refractivity contribution in [3.63, 3.8) is 0 Å². The molecule has 0 saturated carbocycles. The number of benzene rings is 1. The lowest BCUT2D eigenvalue weighted by atomic mass is 10.2. The fourth-order valence-electron chi connectivity index (χ4n) is 2.99. The Kier molecular flexibility index (Phi) is 7.10. The molecule has 10 heteroatoms. The Morgan fingerprint density at radius 2 is 1.83 bits per heavy atom. The van der Waals surface area contributed by atoms with Crippen molar-refractivity contribution >= 4 is 11.6 Å². The van der Waals surface area contributed by atoms with Gasteiger partial charge < -0.3 is 14.6 Å². The highest BCUT2D eigenvalue weighted by molar-refractivity contribution is 5.92. The zero-order chi connectivity index (χ0) is 20.8. The third-order valence-electron chi connectivity index (χ3n) is 4.55. The summed E-state index contributed by atoms with van der Waals surface area (Å²) in [6, 6.07) is 5.85. The second-order valence-electron chi connectivity index (χ2n) is 7.20. The van der Waals surface area contributed by atoms with E-state index >= 15 is 0 Å². The van der Waals surface area contributed by atoms with Gasteiger partial charge in [0.2, 0.25) is 11.8 Å². The molecule has 0 unspecified atom stereocenters. The number of alkyl halides is 2. The highest BCUT2D eigenvalue weighted by atomic mass is 19.3. The molecule has 1 N–H and O–H groups in total. The van der Waals surface area contributed by atoms with Gasteiger partial charge in [0.1, 0.15) is 5.75 Å². The molecule has 1 aromatic carbocycles. The zero-order valence-corrected chi connectivity index (χ0v) is 16.5. The Morgan fingerprint density at radius 1 is 1.17 bits per heavy atom. The SMILES string of the molecule is CC(C)c1noc(CN2CCN(CC(=O)Nc3ccc(OC(F)F)cc3)CC2)n1. The summed E-state index contributed by atoms with van der Waals surface area (Å²) in [4.78, 5) is 20.9. The monoisotopic (exact) mass is 409 g/mol. The molecule has 1 aromatic heterocycles. The summed E-state index contributed by atoms with van der Waals surface area (Å²) < 4.78 is 33.9. The number of amides is 1. The van der Waals surface area contributed by atoms with E-state index in [1.165, 1.54) is 24.3 Å². The number of aromatic nitrogens is 2. The number of hydrogen-bond acceptors (Lipinski definition) is 7. The molecular weight excluding hydrogens is 384 g/mol. The van der Waals surface area contributed by atoms with Gasteiger partial charge >= 0.3 is 6.61 Å². The third-order valence-corrected chi connectivity index (χ3v) is 4.55. The molecule has 0 radical (unpaired) electrons. The molecule has 29 heavy (non-hydrogen) atoms. The van der Waals surface area contributed by atoms with Crippen LogP contribution in [0, 0.1) is 0 Å². The van der Waals surface area contributed by atoms with Crippen LogP contribution in [0.15, 0.2) is 28.8 Å². The van der Waals surface area contributed by atoms with Crippen molar-refractivity contribution in [3.05, 3.63) is 36.0 Å². The maximum atomic E-state index is 12.2. The topological polar surface area (TPSA) is 83.7 Å². The standard InChI is InChI=1S/C19H25F2N5O3/c1-13(2)18-23-17(29-24-18)12-26-9-7-25(8-10-26)11-16(27)22-14-3-5-15(6-4-14)28-19(20)21/h3-6,13,19H,7-12H2,1-2H3,(H,22,27). The molecule has 158 valence electrons. The van der Waals surface area contributed by atoms with Crippen molar-refractivity contribution in [2.24, 2.45) is 0 Å². The number of carbonyl (C=O) groups excluding carboxylic acids is 1. The molecule has 8 nitrogen and oxygen atoms in total. The number of rotatable bonds is 8. The first kappa shape index (κ1) is 21.1. The second kappa shape index (κ2) is 9.75. The number of nitrogens with one attached hydrogen (secondary N) is 1. The highest BCUT2D eigenvalue weighted by Crippen LogP contribution is 2.18. The number of nitrogens with zero attached hydrogens (tertiary/aromatic N) is 4. The van der Waals surface area contributed by atoms with Crippen molar-refractivity contribution < 1.29 is 22.8 Å². The van der Waals surface area contributed by atoms with Gasteiger partial charge in [-0.15, -0.1) is 0 Å². The normalized spacial score (nSPS) is 15.8. The first-order valence-corrected chi connectivity index (χ1v) is 9.51. The van der Waals surface area contributed by atoms with Crippen molar-refractivity contribution in [2.75, 3.05) is 38.0 Å². The number of hydrogen-bond donors (Lipinski definition) is 1. The summed E-state index contributed by atoms with van der Waals surface area (Å²) >= 11 is 0. The van der Waals surface area contributed by atoms with Crippen LogP contribution in [-0.2, 0) is 11.3 Å². The van der Waals surface area contributed by atoms with Crippen molar-refractivity contribution in [3.8, 4) is 5.75 Å². The van der Waals surface area contributed by atoms with Crippen molar-refractivity contribution in [1.82, 2.24) is 19.9 Å². The molecule has 2 heterocycles. The first-order chi connectivity index (χ1) is 13.9. The van der Waals surface area contributed by atoms with E-state index < -0.39 is 6.61 Å². The van der Waals surface area contributed by atoms with Crippen LogP contribution in [0.3, 0.4) is 0 Å². The van der Waals surface area contributed by atoms with Crippen LogP contribution in [0.1, 0.15) is 31.5 Å². The van der Waals surface area contributed by atoms with Crippen LogP contribution < -0.4 is 10.1 Å². The first-order valence-electron chi connectivity index (χ1n) is 9.51.